The minimum atomic E-state index is -0.179. The van der Waals surface area contributed by atoms with E-state index in [1.54, 1.807) is 19.2 Å². The zero-order valence-corrected chi connectivity index (χ0v) is 12.2. The lowest BCUT2D eigenvalue weighted by Crippen LogP contribution is -1.88. The largest absolute Gasteiger partial charge is 0.497 e. The van der Waals surface area contributed by atoms with Crippen LogP contribution in [0.3, 0.4) is 0 Å². The number of rotatable bonds is 4. The van der Waals surface area contributed by atoms with Crippen LogP contribution in [0.1, 0.15) is 5.56 Å². The van der Waals surface area contributed by atoms with E-state index in [-0.39, 0.29) is 5.82 Å². The molecule has 0 aromatic heterocycles. The van der Waals surface area contributed by atoms with Gasteiger partial charge in [0.2, 0.25) is 0 Å². The summed E-state index contributed by atoms with van der Waals surface area (Å²) in [5.74, 6) is 1.32. The fraction of sp³-hybridized carbons (Fsp3) is 0.143. The smallest absolute Gasteiger partial charge is 0.136 e. The van der Waals surface area contributed by atoms with Crippen LogP contribution in [0, 0.1) is 5.82 Å². The highest BCUT2D eigenvalue weighted by molar-refractivity contribution is 9.10. The minimum absolute atomic E-state index is 0.179. The second-order valence-electron chi connectivity index (χ2n) is 3.68. The number of hydrogen-bond acceptors (Lipinski definition) is 2. The summed E-state index contributed by atoms with van der Waals surface area (Å²) in [6.45, 7) is 0. The second kappa shape index (κ2) is 6.25. The Morgan fingerprint density at radius 1 is 1.22 bits per heavy atom. The molecule has 0 atom stereocenters. The van der Waals surface area contributed by atoms with Crippen LogP contribution in [0.25, 0.3) is 0 Å². The van der Waals surface area contributed by atoms with Crippen LogP contribution >= 0.6 is 27.7 Å². The van der Waals surface area contributed by atoms with Crippen molar-refractivity contribution in [3.63, 3.8) is 0 Å². The average Bonchev–Trinajstić information content (AvgIpc) is 2.39. The highest BCUT2D eigenvalue weighted by Gasteiger charge is 2.06. The summed E-state index contributed by atoms with van der Waals surface area (Å²) in [5, 5.41) is 0. The molecule has 4 heteroatoms. The maximum atomic E-state index is 13.5. The fourth-order valence-electron chi connectivity index (χ4n) is 1.51. The first-order valence-corrected chi connectivity index (χ1v) is 7.18. The van der Waals surface area contributed by atoms with Crippen LogP contribution in [0.15, 0.2) is 51.8 Å². The Kier molecular flexibility index (Phi) is 4.66. The van der Waals surface area contributed by atoms with Crippen LogP contribution < -0.4 is 4.74 Å². The monoisotopic (exact) mass is 326 g/mol. The Labute approximate surface area is 118 Å². The predicted molar refractivity (Wildman–Crippen MR) is 76.7 cm³/mol. The van der Waals surface area contributed by atoms with Crippen LogP contribution in [0.5, 0.6) is 5.75 Å². The fourth-order valence-corrected chi connectivity index (χ4v) is 3.01. The van der Waals surface area contributed by atoms with Crippen molar-refractivity contribution < 1.29 is 9.13 Å². The van der Waals surface area contributed by atoms with Gasteiger partial charge in [-0.25, -0.2) is 4.39 Å². The molecule has 0 saturated heterocycles. The van der Waals surface area contributed by atoms with E-state index in [1.807, 2.05) is 24.3 Å². The highest BCUT2D eigenvalue weighted by atomic mass is 79.9. The third-order valence-electron chi connectivity index (χ3n) is 2.47. The van der Waals surface area contributed by atoms with Gasteiger partial charge in [-0.2, -0.15) is 0 Å². The van der Waals surface area contributed by atoms with Crippen molar-refractivity contribution in [2.45, 2.75) is 10.6 Å². The maximum Gasteiger partial charge on any atom is 0.136 e. The topological polar surface area (TPSA) is 9.23 Å². The summed E-state index contributed by atoms with van der Waals surface area (Å²) >= 11 is 4.96. The van der Waals surface area contributed by atoms with Crippen molar-refractivity contribution in [2.75, 3.05) is 7.11 Å². The van der Waals surface area contributed by atoms with Gasteiger partial charge in [0.25, 0.3) is 0 Å². The molecule has 0 fully saturated rings. The lowest BCUT2D eigenvalue weighted by molar-refractivity contribution is 0.414. The number of thioether (sulfide) groups is 1. The van der Waals surface area contributed by atoms with E-state index in [1.165, 1.54) is 17.8 Å². The van der Waals surface area contributed by atoms with E-state index in [4.69, 9.17) is 4.74 Å². The lowest BCUT2D eigenvalue weighted by atomic mass is 10.2. The molecule has 0 unspecified atom stereocenters. The predicted octanol–water partition coefficient (Wildman–Crippen LogP) is 4.89. The van der Waals surface area contributed by atoms with Gasteiger partial charge in [-0.05, 0) is 35.9 Å². The molecule has 2 aromatic carbocycles. The zero-order chi connectivity index (χ0) is 13.0. The van der Waals surface area contributed by atoms with Gasteiger partial charge >= 0.3 is 0 Å². The van der Waals surface area contributed by atoms with Gasteiger partial charge in [-0.3, -0.25) is 0 Å². The van der Waals surface area contributed by atoms with Crippen LogP contribution in [-0.4, -0.2) is 7.11 Å². The first kappa shape index (κ1) is 13.4. The van der Waals surface area contributed by atoms with Gasteiger partial charge in [0, 0.05) is 15.1 Å². The van der Waals surface area contributed by atoms with Crippen molar-refractivity contribution in [1.82, 2.24) is 0 Å². The van der Waals surface area contributed by atoms with E-state index in [2.05, 4.69) is 15.9 Å². The van der Waals surface area contributed by atoms with E-state index in [0.29, 0.717) is 10.6 Å². The van der Waals surface area contributed by atoms with Gasteiger partial charge in [0.15, 0.2) is 0 Å². The van der Waals surface area contributed by atoms with E-state index >= 15 is 0 Å². The van der Waals surface area contributed by atoms with E-state index < -0.39 is 0 Å². The zero-order valence-electron chi connectivity index (χ0n) is 9.82. The molecule has 1 nitrogen and oxygen atoms in total. The van der Waals surface area contributed by atoms with Gasteiger partial charge in [-0.15, -0.1) is 11.8 Å². The number of halogens is 2. The number of hydrogen-bond donors (Lipinski definition) is 0. The molecular formula is C14H12BrFOS. The molecule has 0 N–H and O–H groups in total. The van der Waals surface area contributed by atoms with Crippen molar-refractivity contribution in [1.29, 1.82) is 0 Å². The third-order valence-corrected chi connectivity index (χ3v) is 4.34. The molecule has 2 aromatic rings. The molecule has 0 bridgehead atoms. The lowest BCUT2D eigenvalue weighted by Gasteiger charge is -2.07. The molecule has 0 aliphatic rings. The van der Waals surface area contributed by atoms with Crippen LogP contribution in [0.4, 0.5) is 4.39 Å². The van der Waals surface area contributed by atoms with Gasteiger partial charge in [0.05, 0.1) is 7.11 Å². The molecule has 0 heterocycles. The average molecular weight is 327 g/mol. The SMILES string of the molecule is COc1ccc(Br)c(CSc2ccccc2F)c1. The van der Waals surface area contributed by atoms with Gasteiger partial charge in [0.1, 0.15) is 11.6 Å². The Hall–Kier alpha value is -1.00. The van der Waals surface area contributed by atoms with Crippen molar-refractivity contribution >= 4 is 27.7 Å². The molecule has 0 saturated carbocycles. The van der Waals surface area contributed by atoms with Crippen molar-refractivity contribution in [2.24, 2.45) is 0 Å². The third kappa shape index (κ3) is 3.27. The standard InChI is InChI=1S/C14H12BrFOS/c1-17-11-6-7-12(15)10(8-11)9-18-14-5-3-2-4-13(14)16/h2-8H,9H2,1H3. The summed E-state index contributed by atoms with van der Waals surface area (Å²) < 4.78 is 19.7. The summed E-state index contributed by atoms with van der Waals surface area (Å²) in [4.78, 5) is 0.659. The molecule has 0 aliphatic carbocycles. The van der Waals surface area contributed by atoms with Crippen molar-refractivity contribution in [3.05, 3.63) is 58.3 Å². The summed E-state index contributed by atoms with van der Waals surface area (Å²) in [6, 6.07) is 12.6. The quantitative estimate of drug-likeness (QED) is 0.740. The molecule has 0 aliphatic heterocycles. The number of benzene rings is 2. The van der Waals surface area contributed by atoms with Gasteiger partial charge < -0.3 is 4.74 Å². The summed E-state index contributed by atoms with van der Waals surface area (Å²) in [7, 11) is 1.64. The highest BCUT2D eigenvalue weighted by Crippen LogP contribution is 2.30. The molecule has 18 heavy (non-hydrogen) atoms. The Bertz CT molecular complexity index is 545. The number of methoxy groups -OCH3 is 1. The maximum absolute atomic E-state index is 13.5. The van der Waals surface area contributed by atoms with E-state index in [9.17, 15) is 4.39 Å². The Balaban J connectivity index is 2.13. The molecule has 94 valence electrons. The first-order chi connectivity index (χ1) is 8.70. The second-order valence-corrected chi connectivity index (χ2v) is 5.55. The Morgan fingerprint density at radius 2 is 2.00 bits per heavy atom. The van der Waals surface area contributed by atoms with Crippen LogP contribution in [0.2, 0.25) is 0 Å². The summed E-state index contributed by atoms with van der Waals surface area (Å²) in [6.07, 6.45) is 0. The molecular weight excluding hydrogens is 315 g/mol. The Morgan fingerprint density at radius 3 is 2.72 bits per heavy atom. The van der Waals surface area contributed by atoms with Gasteiger partial charge in [-0.1, -0.05) is 28.1 Å². The first-order valence-electron chi connectivity index (χ1n) is 5.40. The molecule has 0 radical (unpaired) electrons. The molecule has 0 spiro atoms. The van der Waals surface area contributed by atoms with Crippen LogP contribution in [-0.2, 0) is 5.75 Å². The molecule has 0 amide bonds. The minimum Gasteiger partial charge on any atom is -0.497 e. The van der Waals surface area contributed by atoms with E-state index in [0.717, 1.165) is 15.8 Å². The number of ether oxygens (including phenoxy) is 1. The summed E-state index contributed by atoms with van der Waals surface area (Å²) in [5.41, 5.74) is 1.09. The van der Waals surface area contributed by atoms with Crippen molar-refractivity contribution in [3.8, 4) is 5.75 Å². The molecule has 2 rings (SSSR count). The normalized spacial score (nSPS) is 10.4.